The first-order valence-corrected chi connectivity index (χ1v) is 6.89. The number of nitrogens with zero attached hydrogens (tertiary/aromatic N) is 2. The largest absolute Gasteiger partial charge is 0.480 e. The first-order valence-electron chi connectivity index (χ1n) is 6.89. The normalized spacial score (nSPS) is 15.9. The fourth-order valence-electron chi connectivity index (χ4n) is 2.48. The lowest BCUT2D eigenvalue weighted by Crippen LogP contribution is -2.37. The maximum Gasteiger partial charge on any atom is 0.319 e. The molecule has 1 aliphatic carbocycles. The zero-order valence-corrected chi connectivity index (χ0v) is 12.2. The zero-order chi connectivity index (χ0) is 14.9. The van der Waals surface area contributed by atoms with Gasteiger partial charge >= 0.3 is 5.97 Å². The standard InChI is InChI=1S/C14H21N3O3/c1-9-11(10(2)17(3)16-9)5-4-8-15-12(18)14(6-7-14)13(19)20/h4-8H2,1-3H3,(H,15,18)(H,19,20). The fraction of sp³-hybridized carbons (Fsp3) is 0.643. The second kappa shape index (κ2) is 5.26. The summed E-state index contributed by atoms with van der Waals surface area (Å²) in [5.41, 5.74) is 2.22. The maximum absolute atomic E-state index is 11.8. The molecule has 0 saturated heterocycles. The number of aliphatic carboxylic acids is 1. The number of aromatic nitrogens is 2. The van der Waals surface area contributed by atoms with Crippen molar-refractivity contribution in [3.05, 3.63) is 17.0 Å². The summed E-state index contributed by atoms with van der Waals surface area (Å²) in [6.45, 7) is 4.50. The van der Waals surface area contributed by atoms with E-state index in [2.05, 4.69) is 10.4 Å². The van der Waals surface area contributed by atoms with Crippen LogP contribution in [0, 0.1) is 19.3 Å². The number of carbonyl (C=O) groups excluding carboxylic acids is 1. The van der Waals surface area contributed by atoms with E-state index in [0.29, 0.717) is 19.4 Å². The molecular weight excluding hydrogens is 258 g/mol. The predicted molar refractivity (Wildman–Crippen MR) is 73.3 cm³/mol. The molecule has 0 bridgehead atoms. The summed E-state index contributed by atoms with van der Waals surface area (Å²) in [4.78, 5) is 22.8. The molecule has 1 saturated carbocycles. The van der Waals surface area contributed by atoms with Crippen LogP contribution in [0.4, 0.5) is 0 Å². The average Bonchev–Trinajstić information content (AvgIpc) is 3.14. The molecule has 0 aromatic carbocycles. The van der Waals surface area contributed by atoms with Gasteiger partial charge in [-0.3, -0.25) is 14.3 Å². The summed E-state index contributed by atoms with van der Waals surface area (Å²) in [7, 11) is 1.91. The van der Waals surface area contributed by atoms with E-state index in [9.17, 15) is 9.59 Å². The van der Waals surface area contributed by atoms with Gasteiger partial charge in [0.05, 0.1) is 5.69 Å². The smallest absolute Gasteiger partial charge is 0.319 e. The van der Waals surface area contributed by atoms with Crippen molar-refractivity contribution in [3.8, 4) is 0 Å². The van der Waals surface area contributed by atoms with Crippen molar-refractivity contribution in [2.45, 2.75) is 39.5 Å². The summed E-state index contributed by atoms with van der Waals surface area (Å²) >= 11 is 0. The molecule has 0 atom stereocenters. The van der Waals surface area contributed by atoms with E-state index in [1.54, 1.807) is 0 Å². The SMILES string of the molecule is Cc1nn(C)c(C)c1CCCNC(=O)C1(C(=O)O)CC1. The van der Waals surface area contributed by atoms with Crippen molar-refractivity contribution in [2.75, 3.05) is 6.54 Å². The minimum absolute atomic E-state index is 0.343. The van der Waals surface area contributed by atoms with Crippen molar-refractivity contribution in [1.29, 1.82) is 0 Å². The number of carbonyl (C=O) groups is 2. The molecule has 110 valence electrons. The van der Waals surface area contributed by atoms with Gasteiger partial charge < -0.3 is 10.4 Å². The molecule has 1 heterocycles. The number of carboxylic acid groups (broad SMARTS) is 1. The monoisotopic (exact) mass is 279 g/mol. The Morgan fingerprint density at radius 2 is 2.05 bits per heavy atom. The number of hydrogen-bond donors (Lipinski definition) is 2. The average molecular weight is 279 g/mol. The van der Waals surface area contributed by atoms with Crippen LogP contribution in [0.5, 0.6) is 0 Å². The summed E-state index contributed by atoms with van der Waals surface area (Å²) in [6, 6.07) is 0. The molecule has 2 rings (SSSR count). The van der Waals surface area contributed by atoms with Crippen molar-refractivity contribution in [1.82, 2.24) is 15.1 Å². The summed E-state index contributed by atoms with van der Waals surface area (Å²) < 4.78 is 1.85. The Morgan fingerprint density at radius 3 is 2.50 bits per heavy atom. The van der Waals surface area contributed by atoms with E-state index in [0.717, 1.165) is 24.2 Å². The molecule has 1 amide bonds. The lowest BCUT2D eigenvalue weighted by Gasteiger charge is -2.10. The first kappa shape index (κ1) is 14.6. The maximum atomic E-state index is 11.8. The van der Waals surface area contributed by atoms with Crippen molar-refractivity contribution < 1.29 is 14.7 Å². The zero-order valence-electron chi connectivity index (χ0n) is 12.2. The Hall–Kier alpha value is -1.85. The van der Waals surface area contributed by atoms with Gasteiger partial charge in [0.2, 0.25) is 5.91 Å². The molecule has 0 unspecified atom stereocenters. The Balaban J connectivity index is 1.80. The second-order valence-corrected chi connectivity index (χ2v) is 5.52. The van der Waals surface area contributed by atoms with Crippen LogP contribution in [0.15, 0.2) is 0 Å². The van der Waals surface area contributed by atoms with Crippen LogP contribution in [-0.2, 0) is 23.1 Å². The highest BCUT2D eigenvalue weighted by Crippen LogP contribution is 2.46. The van der Waals surface area contributed by atoms with Gasteiger partial charge in [-0.1, -0.05) is 0 Å². The third-order valence-corrected chi connectivity index (χ3v) is 4.14. The molecular formula is C14H21N3O3. The molecule has 20 heavy (non-hydrogen) atoms. The van der Waals surface area contributed by atoms with Gasteiger partial charge in [0, 0.05) is 19.3 Å². The number of aryl methyl sites for hydroxylation is 2. The fourth-order valence-corrected chi connectivity index (χ4v) is 2.48. The Kier molecular flexibility index (Phi) is 3.83. The van der Waals surface area contributed by atoms with E-state index in [-0.39, 0.29) is 5.91 Å². The Bertz CT molecular complexity index is 544. The highest BCUT2D eigenvalue weighted by molar-refractivity contribution is 6.04. The van der Waals surface area contributed by atoms with Gasteiger partial charge in [-0.15, -0.1) is 0 Å². The summed E-state index contributed by atoms with van der Waals surface area (Å²) in [5.74, 6) is -1.35. The quantitative estimate of drug-likeness (QED) is 0.600. The number of nitrogens with one attached hydrogen (secondary N) is 1. The number of carboxylic acids is 1. The predicted octanol–water partition coefficient (Wildman–Crippen LogP) is 0.951. The highest BCUT2D eigenvalue weighted by atomic mass is 16.4. The highest BCUT2D eigenvalue weighted by Gasteiger charge is 2.56. The van der Waals surface area contributed by atoms with Gasteiger partial charge in [-0.2, -0.15) is 5.10 Å². The molecule has 1 aromatic heterocycles. The van der Waals surface area contributed by atoms with Crippen LogP contribution in [0.2, 0.25) is 0 Å². The van der Waals surface area contributed by atoms with E-state index >= 15 is 0 Å². The second-order valence-electron chi connectivity index (χ2n) is 5.52. The van der Waals surface area contributed by atoms with Crippen LogP contribution in [-0.4, -0.2) is 33.3 Å². The summed E-state index contributed by atoms with van der Waals surface area (Å²) in [6.07, 6.45) is 2.53. The molecule has 1 fully saturated rings. The van der Waals surface area contributed by atoms with E-state index < -0.39 is 11.4 Å². The summed E-state index contributed by atoms with van der Waals surface area (Å²) in [5, 5.41) is 16.1. The van der Waals surface area contributed by atoms with Gasteiger partial charge in [0.15, 0.2) is 0 Å². The third kappa shape index (κ3) is 2.55. The van der Waals surface area contributed by atoms with E-state index in [1.165, 1.54) is 5.56 Å². The topological polar surface area (TPSA) is 84.2 Å². The van der Waals surface area contributed by atoms with Gasteiger partial charge in [-0.05, 0) is 45.1 Å². The van der Waals surface area contributed by atoms with Crippen molar-refractivity contribution in [3.63, 3.8) is 0 Å². The van der Waals surface area contributed by atoms with E-state index in [1.807, 2.05) is 25.6 Å². The Morgan fingerprint density at radius 1 is 1.40 bits per heavy atom. The van der Waals surface area contributed by atoms with E-state index in [4.69, 9.17) is 5.11 Å². The van der Waals surface area contributed by atoms with Gasteiger partial charge in [0.25, 0.3) is 0 Å². The number of hydrogen-bond acceptors (Lipinski definition) is 3. The van der Waals surface area contributed by atoms with Crippen LogP contribution < -0.4 is 5.32 Å². The minimum Gasteiger partial charge on any atom is -0.480 e. The van der Waals surface area contributed by atoms with Gasteiger partial charge in [-0.25, -0.2) is 0 Å². The molecule has 2 N–H and O–H groups in total. The van der Waals surface area contributed by atoms with Gasteiger partial charge in [0.1, 0.15) is 5.41 Å². The molecule has 6 nitrogen and oxygen atoms in total. The molecule has 0 radical (unpaired) electrons. The molecule has 0 spiro atoms. The molecule has 6 heteroatoms. The molecule has 1 aliphatic rings. The van der Waals surface area contributed by atoms with Crippen LogP contribution >= 0.6 is 0 Å². The number of amides is 1. The lowest BCUT2D eigenvalue weighted by atomic mass is 10.1. The third-order valence-electron chi connectivity index (χ3n) is 4.14. The molecule has 0 aliphatic heterocycles. The minimum atomic E-state index is -1.14. The van der Waals surface area contributed by atoms with Crippen LogP contribution in [0.25, 0.3) is 0 Å². The number of rotatable bonds is 6. The van der Waals surface area contributed by atoms with Crippen LogP contribution in [0.3, 0.4) is 0 Å². The first-order chi connectivity index (χ1) is 9.38. The molecule has 1 aromatic rings. The lowest BCUT2D eigenvalue weighted by molar-refractivity contribution is -0.149. The Labute approximate surface area is 118 Å². The van der Waals surface area contributed by atoms with Crippen LogP contribution in [0.1, 0.15) is 36.2 Å². The van der Waals surface area contributed by atoms with Crippen molar-refractivity contribution in [2.24, 2.45) is 12.5 Å². The van der Waals surface area contributed by atoms with Crippen molar-refractivity contribution >= 4 is 11.9 Å².